The normalized spacial score (nSPS) is 9.57. The Morgan fingerprint density at radius 1 is 1.43 bits per heavy atom. The van der Waals surface area contributed by atoms with Crippen molar-refractivity contribution in [3.8, 4) is 0 Å². The van der Waals surface area contributed by atoms with E-state index in [2.05, 4.69) is 20.1 Å². The standard InChI is InChI=1S/C8H4BrIO4/c9-14-8(13)5-2-1-4(7(11)12)3-6(5)10/h1-3H,(H,11,12). The zero-order valence-electron chi connectivity index (χ0n) is 6.66. The first kappa shape index (κ1) is 11.4. The predicted octanol–water partition coefficient (Wildman–Crippen LogP) is 2.46. The summed E-state index contributed by atoms with van der Waals surface area (Å²) in [6.07, 6.45) is 0. The van der Waals surface area contributed by atoms with Crippen molar-refractivity contribution in [3.63, 3.8) is 0 Å². The van der Waals surface area contributed by atoms with Gasteiger partial charge in [-0.05, 0) is 40.8 Å². The van der Waals surface area contributed by atoms with Gasteiger partial charge in [-0.15, -0.1) is 0 Å². The van der Waals surface area contributed by atoms with Gasteiger partial charge in [-0.1, -0.05) is 0 Å². The molecule has 0 amide bonds. The van der Waals surface area contributed by atoms with Gasteiger partial charge in [0.15, 0.2) is 16.3 Å². The average Bonchev–Trinajstić information content (AvgIpc) is 2.16. The Kier molecular flexibility index (Phi) is 3.87. The van der Waals surface area contributed by atoms with Gasteiger partial charge in [0.05, 0.1) is 11.1 Å². The van der Waals surface area contributed by atoms with Crippen LogP contribution in [-0.2, 0) is 3.83 Å². The van der Waals surface area contributed by atoms with Gasteiger partial charge in [0.1, 0.15) is 0 Å². The highest BCUT2D eigenvalue weighted by molar-refractivity contribution is 14.1. The number of hydrogen-bond donors (Lipinski definition) is 1. The molecule has 74 valence electrons. The molecule has 1 aromatic carbocycles. The Labute approximate surface area is 102 Å². The van der Waals surface area contributed by atoms with Gasteiger partial charge in [0.25, 0.3) is 0 Å². The molecule has 0 heterocycles. The minimum absolute atomic E-state index is 0.139. The topological polar surface area (TPSA) is 63.6 Å². The molecule has 1 aromatic rings. The molecule has 1 N–H and O–H groups in total. The number of carbonyl (C=O) groups excluding carboxylic acids is 1. The maximum Gasteiger partial charge on any atom is 0.350 e. The Hall–Kier alpha value is -0.630. The fraction of sp³-hybridized carbons (Fsp3) is 0. The zero-order chi connectivity index (χ0) is 10.7. The number of hydrogen-bond acceptors (Lipinski definition) is 3. The van der Waals surface area contributed by atoms with Crippen molar-refractivity contribution in [3.05, 3.63) is 32.9 Å². The van der Waals surface area contributed by atoms with E-state index >= 15 is 0 Å². The number of rotatable bonds is 2. The van der Waals surface area contributed by atoms with E-state index in [-0.39, 0.29) is 5.56 Å². The highest BCUT2D eigenvalue weighted by Gasteiger charge is 2.13. The number of carbonyl (C=O) groups is 2. The molecule has 0 unspecified atom stereocenters. The highest BCUT2D eigenvalue weighted by Crippen LogP contribution is 2.16. The van der Waals surface area contributed by atoms with Crippen molar-refractivity contribution in [2.45, 2.75) is 0 Å². The van der Waals surface area contributed by atoms with Crippen molar-refractivity contribution in [1.29, 1.82) is 0 Å². The molecule has 0 spiro atoms. The maximum absolute atomic E-state index is 11.1. The lowest BCUT2D eigenvalue weighted by molar-refractivity contribution is 0.0694. The number of halogens is 2. The van der Waals surface area contributed by atoms with Crippen LogP contribution in [-0.4, -0.2) is 17.0 Å². The summed E-state index contributed by atoms with van der Waals surface area (Å²) >= 11 is 4.44. The van der Waals surface area contributed by atoms with Crippen LogP contribution >= 0.6 is 38.8 Å². The Balaban J connectivity index is 3.14. The number of benzene rings is 1. The fourth-order valence-corrected chi connectivity index (χ4v) is 1.77. The minimum Gasteiger partial charge on any atom is -0.478 e. The van der Waals surface area contributed by atoms with Gasteiger partial charge in [-0.3, -0.25) is 0 Å². The molecular formula is C8H4BrIO4. The van der Waals surface area contributed by atoms with Crippen molar-refractivity contribution in [1.82, 2.24) is 0 Å². The molecule has 0 aliphatic heterocycles. The molecule has 0 saturated heterocycles. The molecular weight excluding hydrogens is 367 g/mol. The third-order valence-electron chi connectivity index (χ3n) is 1.51. The van der Waals surface area contributed by atoms with Gasteiger partial charge in [0.2, 0.25) is 0 Å². The molecule has 14 heavy (non-hydrogen) atoms. The zero-order valence-corrected chi connectivity index (χ0v) is 10.4. The molecule has 1 rings (SSSR count). The van der Waals surface area contributed by atoms with Crippen LogP contribution in [0.5, 0.6) is 0 Å². The largest absolute Gasteiger partial charge is 0.478 e. The smallest absolute Gasteiger partial charge is 0.350 e. The lowest BCUT2D eigenvalue weighted by Crippen LogP contribution is -2.04. The summed E-state index contributed by atoms with van der Waals surface area (Å²) in [5.74, 6) is -1.58. The lowest BCUT2D eigenvalue weighted by Gasteiger charge is -2.01. The third kappa shape index (κ3) is 2.44. The van der Waals surface area contributed by atoms with Crippen LogP contribution in [0.25, 0.3) is 0 Å². The molecule has 6 heteroatoms. The molecule has 0 bridgehead atoms. The van der Waals surface area contributed by atoms with Gasteiger partial charge < -0.3 is 8.93 Å². The van der Waals surface area contributed by atoms with E-state index in [9.17, 15) is 9.59 Å². The van der Waals surface area contributed by atoms with Crippen molar-refractivity contribution in [2.75, 3.05) is 0 Å². The van der Waals surface area contributed by atoms with E-state index in [1.165, 1.54) is 18.2 Å². The van der Waals surface area contributed by atoms with E-state index in [1.807, 2.05) is 22.6 Å². The quantitative estimate of drug-likeness (QED) is 0.812. The second-order valence-electron chi connectivity index (χ2n) is 2.36. The summed E-state index contributed by atoms with van der Waals surface area (Å²) in [6.45, 7) is 0. The summed E-state index contributed by atoms with van der Waals surface area (Å²) in [5.41, 5.74) is 0.466. The number of carboxylic acids is 1. The summed E-state index contributed by atoms with van der Waals surface area (Å²) in [7, 11) is 0. The van der Waals surface area contributed by atoms with Gasteiger partial charge in [-0.25, -0.2) is 9.59 Å². The SMILES string of the molecule is O=C(O)c1ccc(C(=O)OBr)c(I)c1. The van der Waals surface area contributed by atoms with Crippen molar-refractivity contribution < 1.29 is 18.5 Å². The van der Waals surface area contributed by atoms with Crippen LogP contribution in [0.2, 0.25) is 0 Å². The first-order valence-corrected chi connectivity index (χ1v) is 5.14. The minimum atomic E-state index is -1.03. The number of carboxylic acid groups (broad SMARTS) is 1. The Bertz CT molecular complexity index is 391. The molecule has 0 aliphatic rings. The summed E-state index contributed by atoms with van der Waals surface area (Å²) in [6, 6.07) is 4.17. The molecule has 4 nitrogen and oxygen atoms in total. The van der Waals surface area contributed by atoms with E-state index < -0.39 is 11.9 Å². The maximum atomic E-state index is 11.1. The molecule has 0 saturated carbocycles. The monoisotopic (exact) mass is 370 g/mol. The van der Waals surface area contributed by atoms with E-state index in [0.29, 0.717) is 9.13 Å². The number of aromatic carboxylic acids is 1. The van der Waals surface area contributed by atoms with Crippen molar-refractivity contribution in [2.24, 2.45) is 0 Å². The average molecular weight is 371 g/mol. The molecule has 0 aliphatic carbocycles. The first-order chi connectivity index (χ1) is 6.56. The van der Waals surface area contributed by atoms with Crippen LogP contribution in [0.3, 0.4) is 0 Å². The Morgan fingerprint density at radius 2 is 2.07 bits per heavy atom. The second-order valence-corrected chi connectivity index (χ2v) is 3.85. The van der Waals surface area contributed by atoms with Gasteiger partial charge >= 0.3 is 11.9 Å². The fourth-order valence-electron chi connectivity index (χ4n) is 0.855. The van der Waals surface area contributed by atoms with Gasteiger partial charge in [0, 0.05) is 3.57 Å². The van der Waals surface area contributed by atoms with Crippen LogP contribution in [0.4, 0.5) is 0 Å². The summed E-state index contributed by atoms with van der Waals surface area (Å²) in [5, 5.41) is 8.67. The lowest BCUT2D eigenvalue weighted by atomic mass is 10.1. The van der Waals surface area contributed by atoms with E-state index in [4.69, 9.17) is 5.11 Å². The third-order valence-corrected chi connectivity index (χ3v) is 2.69. The molecule has 0 fully saturated rings. The Morgan fingerprint density at radius 3 is 2.50 bits per heavy atom. The van der Waals surface area contributed by atoms with Crippen LogP contribution in [0.15, 0.2) is 18.2 Å². The van der Waals surface area contributed by atoms with E-state index in [0.717, 1.165) is 0 Å². The van der Waals surface area contributed by atoms with E-state index in [1.54, 1.807) is 0 Å². The highest BCUT2D eigenvalue weighted by atomic mass is 127. The first-order valence-electron chi connectivity index (χ1n) is 3.42. The second kappa shape index (κ2) is 4.74. The molecule has 0 aromatic heterocycles. The van der Waals surface area contributed by atoms with Crippen LogP contribution in [0, 0.1) is 3.57 Å². The molecule has 0 radical (unpaired) electrons. The van der Waals surface area contributed by atoms with Crippen LogP contribution < -0.4 is 0 Å². The van der Waals surface area contributed by atoms with Gasteiger partial charge in [-0.2, -0.15) is 0 Å². The summed E-state index contributed by atoms with van der Waals surface area (Å²) in [4.78, 5) is 21.7. The predicted molar refractivity (Wildman–Crippen MR) is 60.5 cm³/mol. The molecule has 0 atom stereocenters. The summed E-state index contributed by atoms with van der Waals surface area (Å²) < 4.78 is 4.87. The van der Waals surface area contributed by atoms with Crippen molar-refractivity contribution >= 4 is 50.8 Å². The van der Waals surface area contributed by atoms with Crippen LogP contribution in [0.1, 0.15) is 20.7 Å².